The molecule has 0 bridgehead atoms. The quantitative estimate of drug-likeness (QED) is 0.733. The number of benzene rings is 2. The van der Waals surface area contributed by atoms with Crippen molar-refractivity contribution in [1.29, 1.82) is 0 Å². The van der Waals surface area contributed by atoms with Crippen LogP contribution in [0.5, 0.6) is 0 Å². The molecule has 2 aromatic rings. The van der Waals surface area contributed by atoms with Gasteiger partial charge in [0.15, 0.2) is 0 Å². The summed E-state index contributed by atoms with van der Waals surface area (Å²) in [4.78, 5) is 38.6. The molecule has 2 N–H and O–H groups in total. The average Bonchev–Trinajstić information content (AvgIpc) is 2.86. The van der Waals surface area contributed by atoms with E-state index in [2.05, 4.69) is 10.6 Å². The molecule has 1 aliphatic rings. The Morgan fingerprint density at radius 1 is 0.931 bits per heavy atom. The van der Waals surface area contributed by atoms with E-state index in [9.17, 15) is 14.4 Å². The number of hydrogen-bond donors (Lipinski definition) is 2. The molecule has 0 saturated carbocycles. The van der Waals surface area contributed by atoms with Gasteiger partial charge in [-0.1, -0.05) is 25.1 Å². The maximum absolute atomic E-state index is 13.0. The van der Waals surface area contributed by atoms with Crippen molar-refractivity contribution in [1.82, 2.24) is 4.90 Å². The highest BCUT2D eigenvalue weighted by atomic mass is 16.2. The molecule has 1 heterocycles. The first kappa shape index (κ1) is 20.3. The molecular weight excluding hydrogens is 366 g/mol. The van der Waals surface area contributed by atoms with Crippen LogP contribution < -0.4 is 10.6 Å². The van der Waals surface area contributed by atoms with Gasteiger partial charge in [0.2, 0.25) is 5.91 Å². The van der Waals surface area contributed by atoms with Crippen molar-refractivity contribution >= 4 is 34.7 Å². The van der Waals surface area contributed by atoms with Gasteiger partial charge >= 0.3 is 0 Å². The van der Waals surface area contributed by atoms with Gasteiger partial charge in [0.05, 0.1) is 5.57 Å². The van der Waals surface area contributed by atoms with Gasteiger partial charge in [0.1, 0.15) is 5.70 Å². The van der Waals surface area contributed by atoms with E-state index in [0.717, 1.165) is 16.8 Å². The van der Waals surface area contributed by atoms with E-state index in [1.54, 1.807) is 24.3 Å². The highest BCUT2D eigenvalue weighted by molar-refractivity contribution is 6.36. The Kier molecular flexibility index (Phi) is 5.82. The van der Waals surface area contributed by atoms with E-state index in [1.165, 1.54) is 11.8 Å². The third kappa shape index (κ3) is 4.37. The fraction of sp³-hybridized carbons (Fsp3) is 0.261. The average molecular weight is 391 g/mol. The second kappa shape index (κ2) is 8.31. The SMILES string of the molecule is CCCN1C(=O)C(Nc2cc(C)cc(C)c2)=C(c2ccc(NC(C)=O)cc2)C1=O. The maximum Gasteiger partial charge on any atom is 0.278 e. The molecule has 6 heteroatoms. The molecule has 0 atom stereocenters. The Morgan fingerprint density at radius 3 is 2.10 bits per heavy atom. The zero-order valence-corrected chi connectivity index (χ0v) is 17.1. The third-order valence-electron chi connectivity index (χ3n) is 4.60. The minimum Gasteiger partial charge on any atom is -0.350 e. The summed E-state index contributed by atoms with van der Waals surface area (Å²) in [6, 6.07) is 12.9. The van der Waals surface area contributed by atoms with Crippen molar-refractivity contribution in [3.05, 3.63) is 64.9 Å². The summed E-state index contributed by atoms with van der Waals surface area (Å²) in [5, 5.41) is 5.89. The highest BCUT2D eigenvalue weighted by Gasteiger charge is 2.38. The largest absolute Gasteiger partial charge is 0.350 e. The molecule has 0 unspecified atom stereocenters. The lowest BCUT2D eigenvalue weighted by Gasteiger charge is -2.14. The van der Waals surface area contributed by atoms with Gasteiger partial charge in [-0.05, 0) is 61.2 Å². The Bertz CT molecular complexity index is 986. The third-order valence-corrected chi connectivity index (χ3v) is 4.60. The van der Waals surface area contributed by atoms with E-state index >= 15 is 0 Å². The molecule has 0 aliphatic carbocycles. The first-order valence-electron chi connectivity index (χ1n) is 9.64. The topological polar surface area (TPSA) is 78.5 Å². The van der Waals surface area contributed by atoms with Gasteiger partial charge in [-0.2, -0.15) is 0 Å². The Labute approximate surface area is 170 Å². The number of nitrogens with zero attached hydrogens (tertiary/aromatic N) is 1. The van der Waals surface area contributed by atoms with E-state index in [1.807, 2.05) is 39.0 Å². The van der Waals surface area contributed by atoms with Crippen molar-refractivity contribution < 1.29 is 14.4 Å². The second-order valence-electron chi connectivity index (χ2n) is 7.27. The Hall–Kier alpha value is -3.41. The van der Waals surface area contributed by atoms with Gasteiger partial charge in [-0.15, -0.1) is 0 Å². The predicted octanol–water partition coefficient (Wildman–Crippen LogP) is 3.86. The molecule has 0 aromatic heterocycles. The lowest BCUT2D eigenvalue weighted by molar-refractivity contribution is -0.136. The number of imide groups is 1. The summed E-state index contributed by atoms with van der Waals surface area (Å²) in [5.41, 5.74) is 4.78. The molecule has 0 spiro atoms. The van der Waals surface area contributed by atoms with Gasteiger partial charge in [0, 0.05) is 24.8 Å². The number of rotatable bonds is 6. The summed E-state index contributed by atoms with van der Waals surface area (Å²) in [7, 11) is 0. The van der Waals surface area contributed by atoms with E-state index < -0.39 is 0 Å². The molecule has 6 nitrogen and oxygen atoms in total. The number of anilines is 2. The fourth-order valence-corrected chi connectivity index (χ4v) is 3.50. The van der Waals surface area contributed by atoms with Crippen LogP contribution in [-0.4, -0.2) is 29.2 Å². The van der Waals surface area contributed by atoms with Crippen LogP contribution in [0.3, 0.4) is 0 Å². The smallest absolute Gasteiger partial charge is 0.278 e. The van der Waals surface area contributed by atoms with Crippen molar-refractivity contribution in [2.75, 3.05) is 17.2 Å². The lowest BCUT2D eigenvalue weighted by Crippen LogP contribution is -2.33. The zero-order valence-electron chi connectivity index (χ0n) is 17.1. The number of hydrogen-bond acceptors (Lipinski definition) is 4. The predicted molar refractivity (Wildman–Crippen MR) is 114 cm³/mol. The number of carbonyl (C=O) groups excluding carboxylic acids is 3. The molecule has 29 heavy (non-hydrogen) atoms. The fourth-order valence-electron chi connectivity index (χ4n) is 3.50. The first-order chi connectivity index (χ1) is 13.8. The first-order valence-corrected chi connectivity index (χ1v) is 9.64. The molecule has 0 radical (unpaired) electrons. The minimum atomic E-state index is -0.322. The minimum absolute atomic E-state index is 0.171. The Morgan fingerprint density at radius 2 is 1.55 bits per heavy atom. The van der Waals surface area contributed by atoms with Crippen LogP contribution in [0.15, 0.2) is 48.2 Å². The number of carbonyl (C=O) groups is 3. The van der Waals surface area contributed by atoms with Crippen LogP contribution in [0.1, 0.15) is 37.0 Å². The lowest BCUT2D eigenvalue weighted by atomic mass is 10.0. The van der Waals surface area contributed by atoms with Crippen molar-refractivity contribution in [3.8, 4) is 0 Å². The highest BCUT2D eigenvalue weighted by Crippen LogP contribution is 2.31. The molecular formula is C23H25N3O3. The van der Waals surface area contributed by atoms with Crippen LogP contribution in [0.2, 0.25) is 0 Å². The van der Waals surface area contributed by atoms with Crippen molar-refractivity contribution in [3.63, 3.8) is 0 Å². The zero-order chi connectivity index (χ0) is 21.1. The molecule has 0 saturated heterocycles. The van der Waals surface area contributed by atoms with Gasteiger partial charge in [-0.3, -0.25) is 19.3 Å². The second-order valence-corrected chi connectivity index (χ2v) is 7.27. The van der Waals surface area contributed by atoms with Crippen LogP contribution in [0.4, 0.5) is 11.4 Å². The Balaban J connectivity index is 2.04. The summed E-state index contributed by atoms with van der Waals surface area (Å²) in [6.45, 7) is 7.70. The summed E-state index contributed by atoms with van der Waals surface area (Å²) >= 11 is 0. The molecule has 1 aliphatic heterocycles. The van der Waals surface area contributed by atoms with E-state index in [-0.39, 0.29) is 23.4 Å². The summed E-state index contributed by atoms with van der Waals surface area (Å²) < 4.78 is 0. The molecule has 0 fully saturated rings. The molecule has 3 amide bonds. The molecule has 3 rings (SSSR count). The normalized spacial score (nSPS) is 13.9. The van der Waals surface area contributed by atoms with Crippen LogP contribution >= 0.6 is 0 Å². The molecule has 150 valence electrons. The number of aryl methyl sites for hydroxylation is 2. The standard InChI is InChI=1S/C23H25N3O3/c1-5-10-26-22(28)20(17-6-8-18(9-7-17)24-16(4)27)21(23(26)29)25-19-12-14(2)11-15(3)13-19/h6-9,11-13,25H,5,10H2,1-4H3,(H,24,27). The van der Waals surface area contributed by atoms with Crippen LogP contribution in [0, 0.1) is 13.8 Å². The van der Waals surface area contributed by atoms with Crippen molar-refractivity contribution in [2.45, 2.75) is 34.1 Å². The van der Waals surface area contributed by atoms with E-state index in [0.29, 0.717) is 29.8 Å². The summed E-state index contributed by atoms with van der Waals surface area (Å²) in [5.74, 6) is -0.802. The van der Waals surface area contributed by atoms with Gasteiger partial charge in [-0.25, -0.2) is 0 Å². The van der Waals surface area contributed by atoms with Gasteiger partial charge < -0.3 is 10.6 Å². The van der Waals surface area contributed by atoms with Gasteiger partial charge in [0.25, 0.3) is 11.8 Å². The van der Waals surface area contributed by atoms with Crippen molar-refractivity contribution in [2.24, 2.45) is 0 Å². The monoisotopic (exact) mass is 391 g/mol. The van der Waals surface area contributed by atoms with Crippen LogP contribution in [0.25, 0.3) is 5.57 Å². The number of nitrogens with one attached hydrogen (secondary N) is 2. The maximum atomic E-state index is 13.0. The number of amides is 3. The molecule has 2 aromatic carbocycles. The van der Waals surface area contributed by atoms with Crippen LogP contribution in [-0.2, 0) is 14.4 Å². The summed E-state index contributed by atoms with van der Waals surface area (Å²) in [6.07, 6.45) is 0.684. The van der Waals surface area contributed by atoms with E-state index in [4.69, 9.17) is 0 Å².